The van der Waals surface area contributed by atoms with Crippen LogP contribution >= 0.6 is 11.6 Å². The smallest absolute Gasteiger partial charge is 0.326 e. The van der Waals surface area contributed by atoms with Crippen molar-refractivity contribution >= 4 is 23.3 Å². The maximum atomic E-state index is 11.1. The van der Waals surface area contributed by atoms with Gasteiger partial charge in [-0.15, -0.1) is 0 Å². The minimum atomic E-state index is -0.755. The van der Waals surface area contributed by atoms with Crippen LogP contribution in [0.4, 0.5) is 5.69 Å². The average molecular weight is 240 g/mol. The van der Waals surface area contributed by atoms with E-state index in [1.165, 1.54) is 0 Å². The van der Waals surface area contributed by atoms with E-state index >= 15 is 0 Å². The molecule has 0 bridgehead atoms. The van der Waals surface area contributed by atoms with Gasteiger partial charge in [0.25, 0.3) is 0 Å². The van der Waals surface area contributed by atoms with E-state index in [9.17, 15) is 4.79 Å². The number of carbonyl (C=O) groups is 1. The predicted octanol–water partition coefficient (Wildman–Crippen LogP) is 2.70. The van der Waals surface area contributed by atoms with E-state index in [0.717, 1.165) is 24.2 Å². The predicted molar refractivity (Wildman–Crippen MR) is 64.2 cm³/mol. The van der Waals surface area contributed by atoms with Gasteiger partial charge in [0, 0.05) is 17.3 Å². The van der Waals surface area contributed by atoms with Crippen LogP contribution in [0.25, 0.3) is 0 Å². The number of carboxylic acid groups (broad SMARTS) is 1. The Kier molecular flexibility index (Phi) is 3.06. The molecular formula is C12H14ClNO2. The summed E-state index contributed by atoms with van der Waals surface area (Å²) in [6.07, 6.45) is 1.63. The van der Waals surface area contributed by atoms with Crippen LogP contribution in [0.15, 0.2) is 18.2 Å². The molecule has 0 amide bonds. The molecule has 1 aliphatic heterocycles. The molecule has 1 heterocycles. The molecule has 1 atom stereocenters. The maximum Gasteiger partial charge on any atom is 0.326 e. The van der Waals surface area contributed by atoms with Crippen molar-refractivity contribution in [1.29, 1.82) is 0 Å². The zero-order valence-corrected chi connectivity index (χ0v) is 9.87. The average Bonchev–Trinajstić information content (AvgIpc) is 2.71. The van der Waals surface area contributed by atoms with Crippen LogP contribution in [-0.2, 0) is 4.79 Å². The van der Waals surface area contributed by atoms with E-state index in [1.54, 1.807) is 0 Å². The van der Waals surface area contributed by atoms with Gasteiger partial charge < -0.3 is 10.0 Å². The molecule has 0 saturated carbocycles. The Morgan fingerprint density at radius 3 is 2.94 bits per heavy atom. The molecule has 1 aromatic rings. The Morgan fingerprint density at radius 1 is 1.56 bits per heavy atom. The molecule has 1 aromatic carbocycles. The molecule has 0 unspecified atom stereocenters. The van der Waals surface area contributed by atoms with Crippen LogP contribution < -0.4 is 4.90 Å². The lowest BCUT2D eigenvalue weighted by Crippen LogP contribution is -2.35. The number of rotatable bonds is 2. The Labute approximate surface area is 99.6 Å². The zero-order valence-electron chi connectivity index (χ0n) is 9.11. The number of halogens is 1. The number of hydrogen-bond donors (Lipinski definition) is 1. The molecule has 1 N–H and O–H groups in total. The lowest BCUT2D eigenvalue weighted by molar-refractivity contribution is -0.138. The van der Waals surface area contributed by atoms with Crippen LogP contribution in [0, 0.1) is 6.92 Å². The zero-order chi connectivity index (χ0) is 11.7. The van der Waals surface area contributed by atoms with Crippen LogP contribution in [0.5, 0.6) is 0 Å². The highest BCUT2D eigenvalue weighted by molar-refractivity contribution is 6.31. The molecule has 1 fully saturated rings. The van der Waals surface area contributed by atoms with Gasteiger partial charge in [-0.2, -0.15) is 0 Å². The van der Waals surface area contributed by atoms with Crippen molar-refractivity contribution in [2.75, 3.05) is 11.4 Å². The van der Waals surface area contributed by atoms with Crippen molar-refractivity contribution in [2.24, 2.45) is 0 Å². The quantitative estimate of drug-likeness (QED) is 0.863. The van der Waals surface area contributed by atoms with Crippen LogP contribution in [0.1, 0.15) is 18.4 Å². The van der Waals surface area contributed by atoms with Gasteiger partial charge in [0.05, 0.1) is 0 Å². The van der Waals surface area contributed by atoms with Gasteiger partial charge in [0.2, 0.25) is 0 Å². The molecule has 1 aliphatic rings. The second kappa shape index (κ2) is 4.34. The number of nitrogens with zero attached hydrogens (tertiary/aromatic N) is 1. The van der Waals surface area contributed by atoms with E-state index in [1.807, 2.05) is 30.0 Å². The minimum Gasteiger partial charge on any atom is -0.480 e. The van der Waals surface area contributed by atoms with Gasteiger partial charge in [-0.3, -0.25) is 0 Å². The summed E-state index contributed by atoms with van der Waals surface area (Å²) in [5, 5.41) is 9.78. The summed E-state index contributed by atoms with van der Waals surface area (Å²) in [4.78, 5) is 13.0. The highest BCUT2D eigenvalue weighted by atomic mass is 35.5. The van der Waals surface area contributed by atoms with Crippen molar-refractivity contribution in [3.63, 3.8) is 0 Å². The van der Waals surface area contributed by atoms with Crippen LogP contribution in [0.2, 0.25) is 5.02 Å². The van der Waals surface area contributed by atoms with E-state index in [4.69, 9.17) is 16.7 Å². The molecule has 4 heteroatoms. The first-order valence-electron chi connectivity index (χ1n) is 5.35. The third-order valence-electron chi connectivity index (χ3n) is 3.02. The van der Waals surface area contributed by atoms with Gasteiger partial charge in [0.15, 0.2) is 0 Å². The fraction of sp³-hybridized carbons (Fsp3) is 0.417. The van der Waals surface area contributed by atoms with Crippen molar-refractivity contribution < 1.29 is 9.90 Å². The molecule has 3 nitrogen and oxygen atoms in total. The second-order valence-corrected chi connectivity index (χ2v) is 4.53. The fourth-order valence-corrected chi connectivity index (χ4v) is 2.27. The van der Waals surface area contributed by atoms with Crippen molar-refractivity contribution in [3.8, 4) is 0 Å². The van der Waals surface area contributed by atoms with Gasteiger partial charge >= 0.3 is 5.97 Å². The SMILES string of the molecule is Cc1ccc(N2CCC[C@H]2C(=O)O)cc1Cl. The monoisotopic (exact) mass is 239 g/mol. The summed E-state index contributed by atoms with van der Waals surface area (Å²) in [5.74, 6) is -0.755. The molecule has 0 radical (unpaired) electrons. The molecule has 1 saturated heterocycles. The lowest BCUT2D eigenvalue weighted by atomic mass is 10.2. The van der Waals surface area contributed by atoms with E-state index in [0.29, 0.717) is 11.4 Å². The molecule has 0 aliphatic carbocycles. The highest BCUT2D eigenvalue weighted by Gasteiger charge is 2.30. The highest BCUT2D eigenvalue weighted by Crippen LogP contribution is 2.29. The second-order valence-electron chi connectivity index (χ2n) is 4.12. The molecule has 0 aromatic heterocycles. The van der Waals surface area contributed by atoms with Gasteiger partial charge in [-0.05, 0) is 37.5 Å². The summed E-state index contributed by atoms with van der Waals surface area (Å²) in [5.41, 5.74) is 1.91. The van der Waals surface area contributed by atoms with Gasteiger partial charge in [0.1, 0.15) is 6.04 Å². The topological polar surface area (TPSA) is 40.5 Å². The first kappa shape index (κ1) is 11.3. The van der Waals surface area contributed by atoms with Crippen molar-refractivity contribution in [1.82, 2.24) is 0 Å². The summed E-state index contributed by atoms with van der Waals surface area (Å²) < 4.78 is 0. The first-order chi connectivity index (χ1) is 7.59. The van der Waals surface area contributed by atoms with E-state index in [-0.39, 0.29) is 0 Å². The third kappa shape index (κ3) is 2.00. The fourth-order valence-electron chi connectivity index (χ4n) is 2.09. The van der Waals surface area contributed by atoms with Crippen LogP contribution in [-0.4, -0.2) is 23.7 Å². The molecule has 2 rings (SSSR count). The van der Waals surface area contributed by atoms with Gasteiger partial charge in [-0.1, -0.05) is 17.7 Å². The Balaban J connectivity index is 2.29. The van der Waals surface area contributed by atoms with Crippen molar-refractivity contribution in [2.45, 2.75) is 25.8 Å². The summed E-state index contributed by atoms with van der Waals surface area (Å²) in [7, 11) is 0. The minimum absolute atomic E-state index is 0.404. The number of aliphatic carboxylic acids is 1. The first-order valence-corrected chi connectivity index (χ1v) is 5.73. The standard InChI is InChI=1S/C12H14ClNO2/c1-8-4-5-9(7-10(8)13)14-6-2-3-11(14)12(15)16/h4-5,7,11H,2-3,6H2,1H3,(H,15,16)/t11-/m0/s1. The summed E-state index contributed by atoms with van der Waals surface area (Å²) in [6, 6.07) is 5.30. The number of carboxylic acids is 1. The third-order valence-corrected chi connectivity index (χ3v) is 3.43. The Bertz CT molecular complexity index is 419. The van der Waals surface area contributed by atoms with E-state index in [2.05, 4.69) is 0 Å². The summed E-state index contributed by atoms with van der Waals surface area (Å²) in [6.45, 7) is 2.72. The normalized spacial score (nSPS) is 20.1. The molecule has 16 heavy (non-hydrogen) atoms. The molecule has 0 spiro atoms. The maximum absolute atomic E-state index is 11.1. The van der Waals surface area contributed by atoms with Gasteiger partial charge in [-0.25, -0.2) is 4.79 Å². The largest absolute Gasteiger partial charge is 0.480 e. The number of aryl methyl sites for hydroxylation is 1. The Morgan fingerprint density at radius 2 is 2.31 bits per heavy atom. The lowest BCUT2D eigenvalue weighted by Gasteiger charge is -2.24. The number of benzene rings is 1. The number of anilines is 1. The summed E-state index contributed by atoms with van der Waals surface area (Å²) >= 11 is 6.05. The van der Waals surface area contributed by atoms with Crippen molar-refractivity contribution in [3.05, 3.63) is 28.8 Å². The van der Waals surface area contributed by atoms with Crippen LogP contribution in [0.3, 0.4) is 0 Å². The Hall–Kier alpha value is -1.22. The molecule has 86 valence electrons. The molecular weight excluding hydrogens is 226 g/mol. The van der Waals surface area contributed by atoms with E-state index < -0.39 is 12.0 Å². The number of hydrogen-bond acceptors (Lipinski definition) is 2.